The van der Waals surface area contributed by atoms with Crippen LogP contribution in [0.4, 0.5) is 5.69 Å². The number of carbonyl (C=O) groups excluding carboxylic acids is 2. The Morgan fingerprint density at radius 2 is 2.00 bits per heavy atom. The molecule has 7 nitrogen and oxygen atoms in total. The van der Waals surface area contributed by atoms with Crippen molar-refractivity contribution in [3.05, 3.63) is 35.2 Å². The van der Waals surface area contributed by atoms with Crippen LogP contribution in [0.15, 0.2) is 23.4 Å². The van der Waals surface area contributed by atoms with E-state index in [2.05, 4.69) is 25.8 Å². The summed E-state index contributed by atoms with van der Waals surface area (Å²) in [6.45, 7) is 3.89. The number of hydrogen-bond donors (Lipinski definition) is 3. The average Bonchev–Trinajstić information content (AvgIpc) is 3.34. The third-order valence-electron chi connectivity index (χ3n) is 5.13. The van der Waals surface area contributed by atoms with E-state index in [-0.39, 0.29) is 24.1 Å². The number of nitrogens with one attached hydrogen (secondary N) is 3. The molecule has 0 radical (unpaired) electrons. The predicted octanol–water partition coefficient (Wildman–Crippen LogP) is 3.00. The first-order chi connectivity index (χ1) is 13.5. The van der Waals surface area contributed by atoms with Gasteiger partial charge in [-0.1, -0.05) is 49.6 Å². The minimum absolute atomic E-state index is 0.0618. The molecule has 3 rings (SSSR count). The minimum atomic E-state index is -0.246. The number of benzene rings is 1. The summed E-state index contributed by atoms with van der Waals surface area (Å²) in [6.07, 6.45) is 6.05. The molecule has 0 saturated heterocycles. The summed E-state index contributed by atoms with van der Waals surface area (Å²) in [7, 11) is 0. The second-order valence-electron chi connectivity index (χ2n) is 7.28. The number of H-pyrrole nitrogens is 1. The van der Waals surface area contributed by atoms with Gasteiger partial charge < -0.3 is 10.6 Å². The molecule has 3 N–H and O–H groups in total. The molecule has 1 saturated carbocycles. The van der Waals surface area contributed by atoms with Crippen LogP contribution in [-0.4, -0.2) is 39.3 Å². The van der Waals surface area contributed by atoms with Gasteiger partial charge in [0.1, 0.15) is 5.82 Å². The Bertz CT molecular complexity index is 830. The molecule has 0 aliphatic heterocycles. The third kappa shape index (κ3) is 5.82. The molecule has 1 aliphatic carbocycles. The quantitative estimate of drug-likeness (QED) is 0.591. The summed E-state index contributed by atoms with van der Waals surface area (Å²) in [5.74, 6) is 1.30. The molecule has 2 aromatic rings. The zero-order valence-corrected chi connectivity index (χ0v) is 17.2. The van der Waals surface area contributed by atoms with Crippen molar-refractivity contribution in [2.75, 3.05) is 17.6 Å². The Morgan fingerprint density at radius 3 is 2.79 bits per heavy atom. The van der Waals surface area contributed by atoms with Crippen molar-refractivity contribution in [3.63, 3.8) is 0 Å². The van der Waals surface area contributed by atoms with E-state index < -0.39 is 0 Å². The Hall–Kier alpha value is -2.35. The first-order valence-corrected chi connectivity index (χ1v) is 10.7. The molecule has 1 aromatic carbocycles. The molecule has 0 spiro atoms. The highest BCUT2D eigenvalue weighted by Crippen LogP contribution is 2.27. The minimum Gasteiger partial charge on any atom is -0.346 e. The SMILES string of the molecule is Cc1cccc(NC(=O)CNC(=O)CSc2n[nH]c(CC3CCCC3)n2)c1C. The Morgan fingerprint density at radius 1 is 1.21 bits per heavy atom. The number of amides is 2. The molecular weight excluding hydrogens is 374 g/mol. The number of aromatic nitrogens is 3. The van der Waals surface area contributed by atoms with Gasteiger partial charge in [-0.2, -0.15) is 0 Å². The largest absolute Gasteiger partial charge is 0.346 e. The number of aryl methyl sites for hydroxylation is 1. The van der Waals surface area contributed by atoms with Gasteiger partial charge >= 0.3 is 0 Å². The van der Waals surface area contributed by atoms with Gasteiger partial charge in [0.25, 0.3) is 0 Å². The van der Waals surface area contributed by atoms with Crippen molar-refractivity contribution in [3.8, 4) is 0 Å². The maximum absolute atomic E-state index is 12.1. The predicted molar refractivity (Wildman–Crippen MR) is 110 cm³/mol. The topological polar surface area (TPSA) is 99.8 Å². The number of aromatic amines is 1. The fourth-order valence-electron chi connectivity index (χ4n) is 3.36. The molecule has 1 aliphatic rings. The fraction of sp³-hybridized carbons (Fsp3) is 0.500. The number of thioether (sulfide) groups is 1. The van der Waals surface area contributed by atoms with Crippen LogP contribution < -0.4 is 10.6 Å². The normalized spacial score (nSPS) is 14.2. The molecule has 1 fully saturated rings. The number of hydrogen-bond acceptors (Lipinski definition) is 5. The summed E-state index contributed by atoms with van der Waals surface area (Å²) >= 11 is 1.27. The second kappa shape index (κ2) is 9.73. The number of carbonyl (C=O) groups is 2. The molecule has 0 bridgehead atoms. The van der Waals surface area contributed by atoms with Gasteiger partial charge in [0.2, 0.25) is 17.0 Å². The van der Waals surface area contributed by atoms with Crippen molar-refractivity contribution < 1.29 is 9.59 Å². The summed E-state index contributed by atoms with van der Waals surface area (Å²) in [5, 5.41) is 13.2. The van der Waals surface area contributed by atoms with E-state index >= 15 is 0 Å². The summed E-state index contributed by atoms with van der Waals surface area (Å²) < 4.78 is 0. The van der Waals surface area contributed by atoms with E-state index in [1.165, 1.54) is 37.4 Å². The molecule has 0 atom stereocenters. The standard InChI is InChI=1S/C20H27N5O2S/c1-13-6-5-9-16(14(13)2)22-18(26)11-21-19(27)12-28-20-23-17(24-25-20)10-15-7-3-4-8-15/h5-6,9,15H,3-4,7-8,10-12H2,1-2H3,(H,21,27)(H,22,26)(H,23,24,25). The van der Waals surface area contributed by atoms with Crippen LogP contribution in [0.1, 0.15) is 42.6 Å². The highest BCUT2D eigenvalue weighted by Gasteiger charge is 2.17. The van der Waals surface area contributed by atoms with Crippen LogP contribution in [0.25, 0.3) is 0 Å². The second-order valence-corrected chi connectivity index (χ2v) is 8.22. The van der Waals surface area contributed by atoms with Crippen molar-refractivity contribution in [2.45, 2.75) is 51.1 Å². The summed E-state index contributed by atoms with van der Waals surface area (Å²) in [5.41, 5.74) is 2.90. The van der Waals surface area contributed by atoms with E-state index in [1.807, 2.05) is 32.0 Å². The van der Waals surface area contributed by atoms with Crippen molar-refractivity contribution >= 4 is 29.3 Å². The Labute approximate surface area is 169 Å². The van der Waals surface area contributed by atoms with Crippen LogP contribution in [0.3, 0.4) is 0 Å². The van der Waals surface area contributed by atoms with E-state index in [0.29, 0.717) is 11.1 Å². The Balaban J connectivity index is 1.38. The van der Waals surface area contributed by atoms with E-state index in [9.17, 15) is 9.59 Å². The van der Waals surface area contributed by atoms with Gasteiger partial charge in [0.05, 0.1) is 12.3 Å². The van der Waals surface area contributed by atoms with E-state index in [1.54, 1.807) is 0 Å². The monoisotopic (exact) mass is 401 g/mol. The van der Waals surface area contributed by atoms with Gasteiger partial charge in [-0.25, -0.2) is 4.98 Å². The zero-order valence-electron chi connectivity index (χ0n) is 16.4. The lowest BCUT2D eigenvalue weighted by Gasteiger charge is -2.10. The number of nitrogens with zero attached hydrogens (tertiary/aromatic N) is 2. The molecule has 28 heavy (non-hydrogen) atoms. The zero-order chi connectivity index (χ0) is 19.9. The summed E-state index contributed by atoms with van der Waals surface area (Å²) in [6, 6.07) is 5.74. The van der Waals surface area contributed by atoms with Crippen LogP contribution in [0.5, 0.6) is 0 Å². The molecule has 1 heterocycles. The number of anilines is 1. The Kier molecular flexibility index (Phi) is 7.08. The van der Waals surface area contributed by atoms with Gasteiger partial charge in [0.15, 0.2) is 0 Å². The average molecular weight is 402 g/mol. The molecule has 8 heteroatoms. The third-order valence-corrected chi connectivity index (χ3v) is 5.97. The molecule has 150 valence electrons. The number of rotatable bonds is 8. The molecule has 0 unspecified atom stereocenters. The fourth-order valence-corrected chi connectivity index (χ4v) is 4.01. The van der Waals surface area contributed by atoms with Gasteiger partial charge in [-0.15, -0.1) is 5.10 Å². The van der Waals surface area contributed by atoms with Crippen molar-refractivity contribution in [1.82, 2.24) is 20.5 Å². The van der Waals surface area contributed by atoms with Crippen molar-refractivity contribution in [2.24, 2.45) is 5.92 Å². The molecule has 1 aromatic heterocycles. The molecular formula is C20H27N5O2S. The smallest absolute Gasteiger partial charge is 0.243 e. The van der Waals surface area contributed by atoms with Crippen LogP contribution in [-0.2, 0) is 16.0 Å². The van der Waals surface area contributed by atoms with Crippen LogP contribution in [0.2, 0.25) is 0 Å². The maximum Gasteiger partial charge on any atom is 0.243 e. The highest BCUT2D eigenvalue weighted by molar-refractivity contribution is 7.99. The van der Waals surface area contributed by atoms with Crippen molar-refractivity contribution in [1.29, 1.82) is 0 Å². The lowest BCUT2D eigenvalue weighted by molar-refractivity contribution is -0.122. The first-order valence-electron chi connectivity index (χ1n) is 9.68. The summed E-state index contributed by atoms with van der Waals surface area (Å²) in [4.78, 5) is 28.5. The van der Waals surface area contributed by atoms with Crippen LogP contribution in [0, 0.1) is 19.8 Å². The van der Waals surface area contributed by atoms with E-state index in [4.69, 9.17) is 0 Å². The lowest BCUT2D eigenvalue weighted by Crippen LogP contribution is -2.34. The van der Waals surface area contributed by atoms with Gasteiger partial charge in [-0.05, 0) is 37.0 Å². The first kappa shape index (κ1) is 20.4. The lowest BCUT2D eigenvalue weighted by atomic mass is 10.0. The van der Waals surface area contributed by atoms with Crippen LogP contribution >= 0.6 is 11.8 Å². The maximum atomic E-state index is 12.1. The molecule has 2 amide bonds. The van der Waals surface area contributed by atoms with E-state index in [0.717, 1.165) is 29.1 Å². The van der Waals surface area contributed by atoms with Gasteiger partial charge in [-0.3, -0.25) is 14.7 Å². The van der Waals surface area contributed by atoms with Gasteiger partial charge in [0, 0.05) is 12.1 Å². The highest BCUT2D eigenvalue weighted by atomic mass is 32.2.